The minimum Gasteiger partial charge on any atom is -0.508 e. The highest BCUT2D eigenvalue weighted by atomic mass is 16.5. The van der Waals surface area contributed by atoms with Gasteiger partial charge in [0, 0.05) is 61.2 Å². The minimum atomic E-state index is -0.618. The third kappa shape index (κ3) is 29.7. The van der Waals surface area contributed by atoms with Crippen LogP contribution in [0.5, 0.6) is 86.2 Å². The molecule has 0 aliphatic heterocycles. The second kappa shape index (κ2) is 45.2. The second-order valence-electron chi connectivity index (χ2n) is 39.6. The Bertz CT molecular complexity index is 4390. The van der Waals surface area contributed by atoms with Crippen molar-refractivity contribution in [3.63, 3.8) is 0 Å². The van der Waals surface area contributed by atoms with E-state index in [0.717, 1.165) is 117 Å². The van der Waals surface area contributed by atoms with Crippen LogP contribution in [-0.4, -0.2) is 95.2 Å². The summed E-state index contributed by atoms with van der Waals surface area (Å²) in [5.41, 5.74) is 16.2. The average Bonchev–Trinajstić information content (AvgIpc) is 0.724. The van der Waals surface area contributed by atoms with Gasteiger partial charge in [-0.2, -0.15) is 0 Å². The number of phenols is 12. The monoisotopic (exact) mass is 1680 g/mol. The van der Waals surface area contributed by atoms with Gasteiger partial charge in [0.15, 0.2) is 11.5 Å². The number of rotatable bonds is 6. The molecule has 0 aliphatic rings. The van der Waals surface area contributed by atoms with Gasteiger partial charge in [0.05, 0.1) is 33.5 Å². The fourth-order valence-electron chi connectivity index (χ4n) is 15.1. The van der Waals surface area contributed by atoms with Crippen LogP contribution in [0.4, 0.5) is 0 Å². The van der Waals surface area contributed by atoms with E-state index >= 15 is 0 Å². The van der Waals surface area contributed by atoms with E-state index in [2.05, 4.69) is 104 Å². The molecule has 0 unspecified atom stereocenters. The summed E-state index contributed by atoms with van der Waals surface area (Å²) in [7, 11) is 5.05. The molecule has 0 fully saturated rings. The van der Waals surface area contributed by atoms with Crippen LogP contribution in [0.3, 0.4) is 0 Å². The number of carbonyl (C=O) groups is 1. The van der Waals surface area contributed by atoms with Gasteiger partial charge < -0.3 is 80.2 Å². The summed E-state index contributed by atoms with van der Waals surface area (Å²) < 4.78 is 21.4. The van der Waals surface area contributed by atoms with Gasteiger partial charge in [0.1, 0.15) is 69.0 Å². The maximum Gasteiger partial charge on any atom is 0.338 e. The van der Waals surface area contributed by atoms with Crippen LogP contribution in [0.1, 0.15) is 372 Å². The lowest BCUT2D eigenvalue weighted by Crippen LogP contribution is -2.19. The Morgan fingerprint density at radius 2 is 0.542 bits per heavy atom. The van der Waals surface area contributed by atoms with Gasteiger partial charge in [-0.25, -0.2) is 4.79 Å². The molecule has 17 heteroatoms. The second-order valence-corrected chi connectivity index (χ2v) is 39.6. The molecule has 0 radical (unpaired) electrons. The summed E-state index contributed by atoms with van der Waals surface area (Å²) in [6.07, 6.45) is 0.680. The van der Waals surface area contributed by atoms with E-state index in [0.29, 0.717) is 46.5 Å². The zero-order valence-electron chi connectivity index (χ0n) is 78.2. The van der Waals surface area contributed by atoms with Crippen LogP contribution in [-0.2, 0) is 53.5 Å². The summed E-state index contributed by atoms with van der Waals surface area (Å²) in [4.78, 5) is 11.7. The molecule has 17 nitrogen and oxygen atoms in total. The Morgan fingerprint density at radius 3 is 0.858 bits per heavy atom. The van der Waals surface area contributed by atoms with E-state index in [1.807, 2.05) is 164 Å². The molecule has 0 amide bonds. The van der Waals surface area contributed by atoms with Crippen LogP contribution in [0, 0.1) is 83.1 Å². The SMILES string of the molecule is C.C.C.C.C.C.CCCOC(=O)c1c(C)c(O)c(O)c(O)c1C.COc1c(C(C)(C)C)cc(O)c(C(C)(C)C)c1C.COc1cc(C(C)(C)C)c(O)c(C)c1C(C)(C)C.COc1cc(C)c(O)c(C)c1C(C)(C)C.Cc1c(O)c(C(C)(C)C)c(C)c(O)c1C(C)(C)C.Cc1cc(O)c(C(C)(C)C)c(C)c1O.Cc1cc(O)c(C)c(C(C)(C)C)c1O. The maximum atomic E-state index is 11.7. The van der Waals surface area contributed by atoms with E-state index < -0.39 is 23.2 Å². The Morgan fingerprint density at radius 1 is 0.267 bits per heavy atom. The number of methoxy groups -OCH3 is 3. The fourth-order valence-corrected chi connectivity index (χ4v) is 15.1. The van der Waals surface area contributed by atoms with Gasteiger partial charge in [-0.1, -0.05) is 238 Å². The molecular formula is C103H174O17. The number of benzene rings is 7. The van der Waals surface area contributed by atoms with Gasteiger partial charge >= 0.3 is 5.97 Å². The van der Waals surface area contributed by atoms with Crippen LogP contribution in [0.2, 0.25) is 0 Å². The number of hydrogen-bond donors (Lipinski definition) is 12. The van der Waals surface area contributed by atoms with Gasteiger partial charge in [-0.05, 0) is 224 Å². The first-order valence-corrected chi connectivity index (χ1v) is 39.3. The number of ether oxygens (including phenoxy) is 4. The minimum absolute atomic E-state index is 0. The summed E-state index contributed by atoms with van der Waals surface area (Å²) in [6.45, 7) is 80.0. The molecule has 7 aromatic carbocycles. The van der Waals surface area contributed by atoms with E-state index in [1.54, 1.807) is 47.3 Å². The molecule has 0 heterocycles. The molecule has 688 valence electrons. The highest BCUT2D eigenvalue weighted by Gasteiger charge is 2.35. The Hall–Kier alpha value is -8.99. The molecule has 7 aromatic rings. The number of phenolic OH excluding ortho intramolecular Hbond substituents is 12. The fraction of sp³-hybridized carbons (Fsp3) is 0.583. The zero-order valence-corrected chi connectivity index (χ0v) is 78.2. The normalized spacial score (nSPS) is 11.4. The molecule has 0 aliphatic carbocycles. The first-order chi connectivity index (χ1) is 51.1. The van der Waals surface area contributed by atoms with E-state index in [9.17, 15) is 66.1 Å². The maximum absolute atomic E-state index is 11.7. The molecule has 0 saturated carbocycles. The molecule has 120 heavy (non-hydrogen) atoms. The summed E-state index contributed by atoms with van der Waals surface area (Å²) in [6, 6.07) is 8.93. The van der Waals surface area contributed by atoms with E-state index in [-0.39, 0.29) is 134 Å². The van der Waals surface area contributed by atoms with Crippen LogP contribution in [0.25, 0.3) is 0 Å². The van der Waals surface area contributed by atoms with Gasteiger partial charge in [-0.15, -0.1) is 0 Å². The Balaban J connectivity index is -0.000000314. The van der Waals surface area contributed by atoms with Crippen molar-refractivity contribution in [1.29, 1.82) is 0 Å². The number of hydrogen-bond acceptors (Lipinski definition) is 17. The highest BCUT2D eigenvalue weighted by Crippen LogP contribution is 2.50. The van der Waals surface area contributed by atoms with E-state index in [1.165, 1.54) is 13.8 Å². The van der Waals surface area contributed by atoms with Crippen molar-refractivity contribution in [1.82, 2.24) is 0 Å². The van der Waals surface area contributed by atoms with Crippen LogP contribution >= 0.6 is 0 Å². The van der Waals surface area contributed by atoms with Gasteiger partial charge in [0.25, 0.3) is 0 Å². The first kappa shape index (κ1) is 122. The molecule has 12 N–H and O–H groups in total. The predicted molar refractivity (Wildman–Crippen MR) is 511 cm³/mol. The summed E-state index contributed by atoms with van der Waals surface area (Å²) in [5.74, 6) is 3.26. The van der Waals surface area contributed by atoms with Crippen LogP contribution in [0.15, 0.2) is 30.3 Å². The molecule has 0 aromatic heterocycles. The third-order valence-electron chi connectivity index (χ3n) is 20.1. The van der Waals surface area contributed by atoms with Crippen molar-refractivity contribution in [3.05, 3.63) is 153 Å². The molecule has 0 spiro atoms. The van der Waals surface area contributed by atoms with Crippen LogP contribution < -0.4 is 14.2 Å². The Labute approximate surface area is 730 Å². The van der Waals surface area contributed by atoms with Crippen molar-refractivity contribution in [3.8, 4) is 86.2 Å². The first-order valence-electron chi connectivity index (χ1n) is 39.3. The molecule has 0 atom stereocenters. The standard InChI is InChI=1S/3C16H26O2.C13H20O2.C12H16O5.2C12H18O2.6CH4/c1-10-13(16(5,6)7)12(18-8)9-11(14(10)17)15(2,3)4;1-10-13(16(5,6)7)12(17)9-11(14(10)18-8)15(2,3)4;1-9-11(15(3,4)5)14(18)10(2)12(13(9)17)16(6,7)8;1-8-7-10(15-6)11(13(3,4)5)9(2)12(8)14;1-4-5-17-12(16)8-6(2)9(13)11(15)10(14)7(8)3;1-7-6-9(13)10(12(3,4)5)8(2)11(7)14;1-7-6-9(13)8(2)10(11(7)14)12(3,4)5;;;;;;/h2*9,17H,1-8H3;17-18H,1-8H3;7,14H,1-6H3;13-15H,4-5H2,1-3H3;2*6,13-14H,1-5H3;6*1H4. The zero-order chi connectivity index (χ0) is 90.2. The topological polar surface area (TPSA) is 297 Å². The third-order valence-corrected chi connectivity index (χ3v) is 20.1. The average molecular weight is 1680 g/mol. The van der Waals surface area contributed by atoms with Crippen molar-refractivity contribution in [2.24, 2.45) is 0 Å². The quantitative estimate of drug-likeness (QED) is 0.0418. The number of aryl methyl sites for hydroxylation is 3. The van der Waals surface area contributed by atoms with Crippen molar-refractivity contribution in [2.45, 2.75) is 377 Å². The van der Waals surface area contributed by atoms with Gasteiger partial charge in [-0.3, -0.25) is 0 Å². The lowest BCUT2D eigenvalue weighted by Gasteiger charge is -2.30. The number of carbonyl (C=O) groups excluding carboxylic acids is 1. The van der Waals surface area contributed by atoms with Gasteiger partial charge in [0.2, 0.25) is 5.75 Å². The van der Waals surface area contributed by atoms with Crippen molar-refractivity contribution in [2.75, 3.05) is 27.9 Å². The highest BCUT2D eigenvalue weighted by molar-refractivity contribution is 5.95. The summed E-state index contributed by atoms with van der Waals surface area (Å²) in [5, 5.41) is 119. The van der Waals surface area contributed by atoms with Crippen molar-refractivity contribution >= 4 is 5.97 Å². The molecular weight excluding hydrogens is 1510 g/mol. The largest absolute Gasteiger partial charge is 0.508 e. The van der Waals surface area contributed by atoms with E-state index in [4.69, 9.17) is 18.9 Å². The van der Waals surface area contributed by atoms with Crippen molar-refractivity contribution < 1.29 is 85.0 Å². The smallest absolute Gasteiger partial charge is 0.338 e. The molecule has 0 bridgehead atoms. The number of aromatic hydroxyl groups is 12. The predicted octanol–water partition coefficient (Wildman–Crippen LogP) is 28.1. The lowest BCUT2D eigenvalue weighted by atomic mass is 9.76. The molecule has 0 saturated heterocycles. The number of esters is 1. The lowest BCUT2D eigenvalue weighted by molar-refractivity contribution is 0.0502. The summed E-state index contributed by atoms with van der Waals surface area (Å²) >= 11 is 0. The molecule has 7 rings (SSSR count). The Kier molecular flexibility index (Phi) is 45.9.